The molecule has 1 aliphatic rings. The van der Waals surface area contributed by atoms with E-state index in [1.54, 1.807) is 6.07 Å². The van der Waals surface area contributed by atoms with Crippen molar-refractivity contribution >= 4 is 17.6 Å². The Morgan fingerprint density at radius 2 is 2.35 bits per heavy atom. The molecule has 0 aromatic heterocycles. The van der Waals surface area contributed by atoms with E-state index in [0.717, 1.165) is 31.5 Å². The predicted molar refractivity (Wildman–Crippen MR) is 76.4 cm³/mol. The molecule has 2 unspecified atom stereocenters. The summed E-state index contributed by atoms with van der Waals surface area (Å²) in [4.78, 5) is 13.1. The summed E-state index contributed by atoms with van der Waals surface area (Å²) in [6.45, 7) is 3.70. The molecule has 5 heteroatoms. The lowest BCUT2D eigenvalue weighted by atomic mass is 9.93. The first-order valence-corrected chi connectivity index (χ1v) is 7.26. The van der Waals surface area contributed by atoms with Gasteiger partial charge in [0.05, 0.1) is 0 Å². The van der Waals surface area contributed by atoms with E-state index in [0.29, 0.717) is 5.02 Å². The van der Waals surface area contributed by atoms with Crippen LogP contribution in [-0.2, 0) is 4.79 Å². The highest BCUT2D eigenvalue weighted by Gasteiger charge is 2.26. The van der Waals surface area contributed by atoms with Crippen LogP contribution in [0.1, 0.15) is 37.8 Å². The lowest BCUT2D eigenvalue weighted by Crippen LogP contribution is -2.38. The van der Waals surface area contributed by atoms with Gasteiger partial charge in [0.15, 0.2) is 0 Å². The summed E-state index contributed by atoms with van der Waals surface area (Å²) >= 11 is 6.10. The van der Waals surface area contributed by atoms with E-state index in [1.807, 2.05) is 6.92 Å². The van der Waals surface area contributed by atoms with E-state index >= 15 is 0 Å². The van der Waals surface area contributed by atoms with Crippen molar-refractivity contribution in [1.82, 2.24) is 4.90 Å². The Labute approximate surface area is 123 Å². The third-order valence-corrected chi connectivity index (χ3v) is 4.30. The standard InChI is InChI=1S/C15H19ClFNO2/c1-10(13-5-4-12(17)8-14(13)16)18-6-2-3-11(9-18)7-15(19)20/h4-5,8,10-11H,2-3,6-7,9H2,1H3,(H,19,20). The maximum atomic E-state index is 13.1. The number of hydrogen-bond donors (Lipinski definition) is 1. The molecule has 1 N–H and O–H groups in total. The summed E-state index contributed by atoms with van der Waals surface area (Å²) in [5.41, 5.74) is 0.893. The van der Waals surface area contributed by atoms with Gasteiger partial charge in [0.1, 0.15) is 5.82 Å². The molecule has 2 rings (SSSR count). The summed E-state index contributed by atoms with van der Waals surface area (Å²) in [5.74, 6) is -0.902. The first-order chi connectivity index (χ1) is 9.47. The third-order valence-electron chi connectivity index (χ3n) is 3.97. The van der Waals surface area contributed by atoms with Gasteiger partial charge in [0.25, 0.3) is 0 Å². The van der Waals surface area contributed by atoms with Crippen LogP contribution in [0.25, 0.3) is 0 Å². The van der Waals surface area contributed by atoms with Crippen LogP contribution in [0.15, 0.2) is 18.2 Å². The number of halogens is 2. The minimum Gasteiger partial charge on any atom is -0.481 e. The van der Waals surface area contributed by atoms with Crippen LogP contribution in [-0.4, -0.2) is 29.1 Å². The van der Waals surface area contributed by atoms with Crippen LogP contribution in [0.5, 0.6) is 0 Å². The highest BCUT2D eigenvalue weighted by atomic mass is 35.5. The van der Waals surface area contributed by atoms with Crippen molar-refractivity contribution in [2.45, 2.75) is 32.2 Å². The zero-order valence-electron chi connectivity index (χ0n) is 11.5. The van der Waals surface area contributed by atoms with Crippen molar-refractivity contribution in [3.8, 4) is 0 Å². The van der Waals surface area contributed by atoms with Gasteiger partial charge in [0, 0.05) is 24.0 Å². The average molecular weight is 300 g/mol. The van der Waals surface area contributed by atoms with Gasteiger partial charge < -0.3 is 5.11 Å². The molecular formula is C15H19ClFNO2. The number of carboxylic acid groups (broad SMARTS) is 1. The van der Waals surface area contributed by atoms with E-state index < -0.39 is 5.97 Å². The van der Waals surface area contributed by atoms with Gasteiger partial charge in [0.2, 0.25) is 0 Å². The van der Waals surface area contributed by atoms with Crippen LogP contribution in [0.4, 0.5) is 4.39 Å². The monoisotopic (exact) mass is 299 g/mol. The third kappa shape index (κ3) is 3.70. The number of carbonyl (C=O) groups is 1. The molecule has 1 aromatic carbocycles. The second-order valence-electron chi connectivity index (χ2n) is 5.44. The summed E-state index contributed by atoms with van der Waals surface area (Å²) in [6.07, 6.45) is 2.15. The molecule has 3 nitrogen and oxygen atoms in total. The van der Waals surface area contributed by atoms with Gasteiger partial charge in [-0.05, 0) is 49.9 Å². The van der Waals surface area contributed by atoms with Crippen LogP contribution >= 0.6 is 11.6 Å². The largest absolute Gasteiger partial charge is 0.481 e. The summed E-state index contributed by atoms with van der Waals surface area (Å²) in [5, 5.41) is 9.33. The quantitative estimate of drug-likeness (QED) is 0.921. The number of hydrogen-bond acceptors (Lipinski definition) is 2. The number of rotatable bonds is 4. The normalized spacial score (nSPS) is 21.6. The minimum atomic E-state index is -0.746. The fourth-order valence-electron chi connectivity index (χ4n) is 2.90. The molecule has 0 aliphatic carbocycles. The zero-order valence-corrected chi connectivity index (χ0v) is 12.2. The topological polar surface area (TPSA) is 40.5 Å². The molecule has 1 saturated heterocycles. The number of likely N-dealkylation sites (tertiary alicyclic amines) is 1. The Balaban J connectivity index is 2.08. The van der Waals surface area contributed by atoms with Crippen LogP contribution in [0, 0.1) is 11.7 Å². The number of piperidine rings is 1. The zero-order chi connectivity index (χ0) is 14.7. The Morgan fingerprint density at radius 1 is 1.60 bits per heavy atom. The van der Waals surface area contributed by atoms with Gasteiger partial charge >= 0.3 is 5.97 Å². The van der Waals surface area contributed by atoms with Gasteiger partial charge in [-0.15, -0.1) is 0 Å². The molecule has 0 amide bonds. The molecule has 1 aliphatic heterocycles. The van der Waals surface area contributed by atoms with Crippen molar-refractivity contribution in [3.63, 3.8) is 0 Å². The van der Waals surface area contributed by atoms with Gasteiger partial charge in [-0.3, -0.25) is 9.69 Å². The second kappa shape index (κ2) is 6.55. The van der Waals surface area contributed by atoms with Gasteiger partial charge in [-0.25, -0.2) is 4.39 Å². The van der Waals surface area contributed by atoms with Crippen molar-refractivity contribution in [3.05, 3.63) is 34.6 Å². The molecule has 1 aromatic rings. The molecule has 2 atom stereocenters. The number of nitrogens with zero attached hydrogens (tertiary/aromatic N) is 1. The first kappa shape index (κ1) is 15.3. The molecule has 0 saturated carbocycles. The predicted octanol–water partition coefficient (Wildman–Crippen LogP) is 3.73. The van der Waals surface area contributed by atoms with Crippen LogP contribution in [0.3, 0.4) is 0 Å². The SMILES string of the molecule is CC(c1ccc(F)cc1Cl)N1CCCC(CC(=O)O)C1. The molecule has 0 spiro atoms. The van der Waals surface area contributed by atoms with E-state index in [1.165, 1.54) is 12.1 Å². The van der Waals surface area contributed by atoms with Crippen molar-refractivity contribution in [1.29, 1.82) is 0 Å². The number of benzene rings is 1. The summed E-state index contributed by atoms with van der Waals surface area (Å²) in [6, 6.07) is 4.52. The minimum absolute atomic E-state index is 0.0692. The maximum Gasteiger partial charge on any atom is 0.303 e. The Kier molecular flexibility index (Phi) is 5.00. The lowest BCUT2D eigenvalue weighted by Gasteiger charge is -2.36. The Morgan fingerprint density at radius 3 is 3.00 bits per heavy atom. The summed E-state index contributed by atoms with van der Waals surface area (Å²) < 4.78 is 13.1. The fourth-order valence-corrected chi connectivity index (χ4v) is 3.22. The Bertz CT molecular complexity index is 495. The van der Waals surface area contributed by atoms with Crippen molar-refractivity contribution in [2.75, 3.05) is 13.1 Å². The number of aliphatic carboxylic acids is 1. The Hall–Kier alpha value is -1.13. The fraction of sp³-hybridized carbons (Fsp3) is 0.533. The number of carboxylic acids is 1. The molecule has 1 heterocycles. The van der Waals surface area contributed by atoms with Crippen LogP contribution < -0.4 is 0 Å². The van der Waals surface area contributed by atoms with E-state index in [2.05, 4.69) is 4.90 Å². The van der Waals surface area contributed by atoms with Gasteiger partial charge in [-0.1, -0.05) is 17.7 Å². The highest BCUT2D eigenvalue weighted by molar-refractivity contribution is 6.31. The van der Waals surface area contributed by atoms with Crippen LogP contribution in [0.2, 0.25) is 5.02 Å². The highest BCUT2D eigenvalue weighted by Crippen LogP contribution is 2.31. The average Bonchev–Trinajstić information content (AvgIpc) is 2.37. The summed E-state index contributed by atoms with van der Waals surface area (Å²) in [7, 11) is 0. The van der Waals surface area contributed by atoms with Gasteiger partial charge in [-0.2, -0.15) is 0 Å². The van der Waals surface area contributed by atoms with E-state index in [9.17, 15) is 9.18 Å². The molecular weight excluding hydrogens is 281 g/mol. The first-order valence-electron chi connectivity index (χ1n) is 6.88. The molecule has 110 valence electrons. The second-order valence-corrected chi connectivity index (χ2v) is 5.85. The maximum absolute atomic E-state index is 13.1. The molecule has 1 fully saturated rings. The molecule has 0 bridgehead atoms. The van der Waals surface area contributed by atoms with E-state index in [-0.39, 0.29) is 24.2 Å². The van der Waals surface area contributed by atoms with E-state index in [4.69, 9.17) is 16.7 Å². The van der Waals surface area contributed by atoms with Crippen molar-refractivity contribution < 1.29 is 14.3 Å². The molecule has 0 radical (unpaired) electrons. The molecule has 20 heavy (non-hydrogen) atoms. The lowest BCUT2D eigenvalue weighted by molar-refractivity contribution is -0.138. The smallest absolute Gasteiger partial charge is 0.303 e. The van der Waals surface area contributed by atoms with Crippen molar-refractivity contribution in [2.24, 2.45) is 5.92 Å².